The highest BCUT2D eigenvalue weighted by atomic mass is 16.5. The largest absolute Gasteiger partial charge is 0.497 e. The van der Waals surface area contributed by atoms with Gasteiger partial charge in [-0.3, -0.25) is 5.32 Å². The predicted octanol–water partition coefficient (Wildman–Crippen LogP) is 2.42. The summed E-state index contributed by atoms with van der Waals surface area (Å²) in [5.41, 5.74) is 1.36. The minimum atomic E-state index is -1.19. The lowest BCUT2D eigenvalue weighted by Gasteiger charge is -2.09. The van der Waals surface area contributed by atoms with Crippen molar-refractivity contribution in [3.8, 4) is 17.4 Å². The number of amides is 1. The number of methoxy groups -OCH3 is 2. The Hall–Kier alpha value is -3.49. The average molecular weight is 344 g/mol. The van der Waals surface area contributed by atoms with Gasteiger partial charge in [0.05, 0.1) is 20.4 Å². The highest BCUT2D eigenvalue weighted by Gasteiger charge is 2.08. The van der Waals surface area contributed by atoms with E-state index < -0.39 is 6.09 Å². The van der Waals surface area contributed by atoms with E-state index in [9.17, 15) is 4.79 Å². The summed E-state index contributed by atoms with van der Waals surface area (Å²) in [5, 5.41) is 15.1. The average Bonchev–Trinajstić information content (AvgIpc) is 3.00. The van der Waals surface area contributed by atoms with Gasteiger partial charge in [-0.15, -0.1) is 5.10 Å². The van der Waals surface area contributed by atoms with Gasteiger partial charge in [0, 0.05) is 12.1 Å². The van der Waals surface area contributed by atoms with Crippen LogP contribution < -0.4 is 19.5 Å². The van der Waals surface area contributed by atoms with Gasteiger partial charge >= 0.3 is 6.09 Å². The molecule has 2 heterocycles. The molecule has 1 aromatic carbocycles. The molecule has 0 unspecified atom stereocenters. The van der Waals surface area contributed by atoms with Crippen LogP contribution in [0, 0.1) is 0 Å². The van der Waals surface area contributed by atoms with Crippen LogP contribution in [-0.4, -0.2) is 40.0 Å². The van der Waals surface area contributed by atoms with Gasteiger partial charge in [0.1, 0.15) is 18.1 Å². The maximum atomic E-state index is 10.7. The number of benzene rings is 1. The Kier molecular flexibility index (Phi) is 4.55. The lowest BCUT2D eigenvalue weighted by atomic mass is 10.2. The van der Waals surface area contributed by atoms with Crippen LogP contribution in [0.4, 0.5) is 10.6 Å². The number of rotatable bonds is 6. The molecule has 0 atom stereocenters. The van der Waals surface area contributed by atoms with E-state index in [0.29, 0.717) is 23.0 Å². The number of fused-ring (bicyclic) bond motifs is 1. The van der Waals surface area contributed by atoms with E-state index in [1.54, 1.807) is 32.4 Å². The maximum Gasteiger partial charge on any atom is 0.410 e. The molecule has 0 fully saturated rings. The number of carbonyl (C=O) groups is 1. The minimum absolute atomic E-state index is 0.190. The zero-order valence-corrected chi connectivity index (χ0v) is 13.6. The van der Waals surface area contributed by atoms with Crippen LogP contribution in [0.3, 0.4) is 0 Å². The molecular formula is C16H16N4O5. The summed E-state index contributed by atoms with van der Waals surface area (Å²) in [4.78, 5) is 14.7. The summed E-state index contributed by atoms with van der Waals surface area (Å²) in [6, 6.07) is 8.79. The summed E-state index contributed by atoms with van der Waals surface area (Å²) in [5.74, 6) is 1.89. The number of imidazole rings is 1. The fraction of sp³-hybridized carbons (Fsp3) is 0.188. The van der Waals surface area contributed by atoms with Crippen LogP contribution >= 0.6 is 0 Å². The predicted molar refractivity (Wildman–Crippen MR) is 88.5 cm³/mol. The molecule has 0 radical (unpaired) electrons. The van der Waals surface area contributed by atoms with Crippen LogP contribution in [0.25, 0.3) is 5.65 Å². The first-order chi connectivity index (χ1) is 12.1. The third kappa shape index (κ3) is 3.89. The zero-order valence-electron chi connectivity index (χ0n) is 13.6. The SMILES string of the molecule is COc1cc(COc2ccc3nc(NC(=O)O)cn3n2)cc(OC)c1. The van der Waals surface area contributed by atoms with Crippen molar-refractivity contribution in [2.75, 3.05) is 19.5 Å². The number of aromatic nitrogens is 3. The number of hydrogen-bond donors (Lipinski definition) is 2. The zero-order chi connectivity index (χ0) is 17.8. The Morgan fingerprint density at radius 3 is 2.56 bits per heavy atom. The molecule has 0 aliphatic rings. The monoisotopic (exact) mass is 344 g/mol. The van der Waals surface area contributed by atoms with Crippen LogP contribution in [0.5, 0.6) is 17.4 Å². The van der Waals surface area contributed by atoms with Crippen molar-refractivity contribution in [3.63, 3.8) is 0 Å². The van der Waals surface area contributed by atoms with E-state index in [2.05, 4.69) is 15.4 Å². The molecule has 0 saturated carbocycles. The number of nitrogens with zero attached hydrogens (tertiary/aromatic N) is 3. The molecule has 0 spiro atoms. The normalized spacial score (nSPS) is 10.5. The first kappa shape index (κ1) is 16.4. The molecule has 0 saturated heterocycles. The number of anilines is 1. The van der Waals surface area contributed by atoms with Crippen molar-refractivity contribution in [3.05, 3.63) is 42.1 Å². The summed E-state index contributed by atoms with van der Waals surface area (Å²) in [6.07, 6.45) is 0.275. The Morgan fingerprint density at radius 2 is 1.92 bits per heavy atom. The maximum absolute atomic E-state index is 10.7. The lowest BCUT2D eigenvalue weighted by molar-refractivity contribution is 0.209. The first-order valence-electron chi connectivity index (χ1n) is 7.28. The quantitative estimate of drug-likeness (QED) is 0.707. The molecule has 0 aliphatic heterocycles. The number of hydrogen-bond acceptors (Lipinski definition) is 6. The third-order valence-electron chi connectivity index (χ3n) is 3.33. The third-order valence-corrected chi connectivity index (χ3v) is 3.33. The van der Waals surface area contributed by atoms with E-state index in [-0.39, 0.29) is 12.4 Å². The number of carboxylic acid groups (broad SMARTS) is 1. The fourth-order valence-corrected chi connectivity index (χ4v) is 2.22. The Morgan fingerprint density at radius 1 is 1.20 bits per heavy atom. The molecule has 3 rings (SSSR count). The van der Waals surface area contributed by atoms with Gasteiger partial charge in [-0.2, -0.15) is 0 Å². The molecule has 1 amide bonds. The number of nitrogens with one attached hydrogen (secondary N) is 1. The van der Waals surface area contributed by atoms with Crippen LogP contribution in [0.2, 0.25) is 0 Å². The highest BCUT2D eigenvalue weighted by molar-refractivity contribution is 5.81. The standard InChI is InChI=1S/C16H16N4O5/c1-23-11-5-10(6-12(7-11)24-2)9-25-15-4-3-14-17-13(18-16(21)22)8-20(14)19-15/h3-8,18H,9H2,1-2H3,(H,21,22). The van der Waals surface area contributed by atoms with Gasteiger partial charge < -0.3 is 19.3 Å². The van der Waals surface area contributed by atoms with Crippen molar-refractivity contribution in [2.24, 2.45) is 0 Å². The second-order valence-electron chi connectivity index (χ2n) is 5.04. The summed E-state index contributed by atoms with van der Waals surface area (Å²) in [7, 11) is 3.16. The van der Waals surface area contributed by atoms with Gasteiger partial charge in [0.2, 0.25) is 5.88 Å². The Labute approximate surface area is 142 Å². The van der Waals surface area contributed by atoms with Gasteiger partial charge in [0.15, 0.2) is 11.5 Å². The van der Waals surface area contributed by atoms with Crippen LogP contribution in [0.1, 0.15) is 5.56 Å². The van der Waals surface area contributed by atoms with E-state index in [0.717, 1.165) is 5.56 Å². The molecule has 9 heteroatoms. The second kappa shape index (κ2) is 6.95. The fourth-order valence-electron chi connectivity index (χ4n) is 2.22. The summed E-state index contributed by atoms with van der Waals surface area (Å²) >= 11 is 0. The first-order valence-corrected chi connectivity index (χ1v) is 7.28. The minimum Gasteiger partial charge on any atom is -0.497 e. The van der Waals surface area contributed by atoms with Gasteiger partial charge in [-0.25, -0.2) is 14.3 Å². The van der Waals surface area contributed by atoms with Crippen molar-refractivity contribution < 1.29 is 24.1 Å². The lowest BCUT2D eigenvalue weighted by Crippen LogP contribution is -2.07. The summed E-state index contributed by atoms with van der Waals surface area (Å²) in [6.45, 7) is 0.265. The molecular weight excluding hydrogens is 328 g/mol. The molecule has 2 aromatic heterocycles. The summed E-state index contributed by atoms with van der Waals surface area (Å²) < 4.78 is 17.6. The van der Waals surface area contributed by atoms with Gasteiger partial charge in [-0.05, 0) is 23.8 Å². The van der Waals surface area contributed by atoms with Gasteiger partial charge in [0.25, 0.3) is 0 Å². The second-order valence-corrected chi connectivity index (χ2v) is 5.04. The van der Waals surface area contributed by atoms with Gasteiger partial charge in [-0.1, -0.05) is 0 Å². The number of ether oxygens (including phenoxy) is 3. The van der Waals surface area contributed by atoms with Crippen molar-refractivity contribution >= 4 is 17.6 Å². The molecule has 25 heavy (non-hydrogen) atoms. The van der Waals surface area contributed by atoms with Crippen LogP contribution in [0.15, 0.2) is 36.5 Å². The Balaban J connectivity index is 1.75. The Bertz CT molecular complexity index is 886. The van der Waals surface area contributed by atoms with E-state index in [1.165, 1.54) is 10.7 Å². The topological polar surface area (TPSA) is 107 Å². The van der Waals surface area contributed by atoms with Crippen LogP contribution in [-0.2, 0) is 6.61 Å². The molecule has 9 nitrogen and oxygen atoms in total. The van der Waals surface area contributed by atoms with Crippen molar-refractivity contribution in [1.29, 1.82) is 0 Å². The smallest absolute Gasteiger partial charge is 0.410 e. The van der Waals surface area contributed by atoms with E-state index >= 15 is 0 Å². The molecule has 2 N–H and O–H groups in total. The van der Waals surface area contributed by atoms with Crippen molar-refractivity contribution in [2.45, 2.75) is 6.61 Å². The van der Waals surface area contributed by atoms with E-state index in [4.69, 9.17) is 19.3 Å². The molecule has 0 bridgehead atoms. The van der Waals surface area contributed by atoms with Crippen molar-refractivity contribution in [1.82, 2.24) is 14.6 Å². The van der Waals surface area contributed by atoms with E-state index in [1.807, 2.05) is 12.1 Å². The molecule has 0 aliphatic carbocycles. The highest BCUT2D eigenvalue weighted by Crippen LogP contribution is 2.23. The molecule has 3 aromatic rings. The molecule has 130 valence electrons.